The number of hydrogen-bond donors (Lipinski definition) is 1. The number of ether oxygens (including phenoxy) is 1. The summed E-state index contributed by atoms with van der Waals surface area (Å²) < 4.78 is 6.76. The Labute approximate surface area is 182 Å². The lowest BCUT2D eigenvalue weighted by Crippen LogP contribution is -2.23. The fourth-order valence-electron chi connectivity index (χ4n) is 3.34. The molecule has 1 aliphatic carbocycles. The minimum atomic E-state index is -0.446. The molecule has 0 aliphatic heterocycles. The first-order valence-corrected chi connectivity index (χ1v) is 11.2. The predicted octanol–water partition coefficient (Wildman–Crippen LogP) is 3.60. The van der Waals surface area contributed by atoms with Gasteiger partial charge in [-0.3, -0.25) is 4.79 Å². The molecular weight excluding hydrogens is 420 g/mol. The van der Waals surface area contributed by atoms with Crippen molar-refractivity contribution in [3.8, 4) is 17.5 Å². The molecule has 4 rings (SSSR count). The van der Waals surface area contributed by atoms with Crippen molar-refractivity contribution >= 4 is 34.0 Å². The number of anilines is 1. The number of aryl methyl sites for hydroxylation is 1. The van der Waals surface area contributed by atoms with Crippen LogP contribution in [0.15, 0.2) is 29.4 Å². The van der Waals surface area contributed by atoms with Crippen LogP contribution >= 0.6 is 23.1 Å². The van der Waals surface area contributed by atoms with Gasteiger partial charge in [-0.2, -0.15) is 9.94 Å². The summed E-state index contributed by atoms with van der Waals surface area (Å²) in [6.45, 7) is 1.80. The Hall–Kier alpha value is -2.90. The highest BCUT2D eigenvalue weighted by atomic mass is 32.2. The number of amides is 1. The summed E-state index contributed by atoms with van der Waals surface area (Å²) in [6, 6.07) is 9.61. The number of carbonyl (C=O) groups is 1. The molecule has 1 unspecified atom stereocenters. The van der Waals surface area contributed by atoms with Crippen molar-refractivity contribution in [2.45, 2.75) is 43.0 Å². The van der Waals surface area contributed by atoms with Crippen molar-refractivity contribution in [3.05, 3.63) is 40.3 Å². The van der Waals surface area contributed by atoms with Crippen molar-refractivity contribution in [3.63, 3.8) is 0 Å². The van der Waals surface area contributed by atoms with Gasteiger partial charge in [-0.05, 0) is 72.9 Å². The number of carbonyl (C=O) groups excluding carboxylic acids is 1. The first kappa shape index (κ1) is 20.4. The van der Waals surface area contributed by atoms with Crippen LogP contribution < -0.4 is 10.1 Å². The summed E-state index contributed by atoms with van der Waals surface area (Å²) in [5.74, 6) is 0.556. The zero-order chi connectivity index (χ0) is 21.1. The summed E-state index contributed by atoms with van der Waals surface area (Å²) >= 11 is 2.79. The number of benzene rings is 1. The zero-order valence-corrected chi connectivity index (χ0v) is 18.2. The van der Waals surface area contributed by atoms with Crippen LogP contribution in [0.4, 0.5) is 5.00 Å². The molecule has 30 heavy (non-hydrogen) atoms. The molecule has 0 spiro atoms. The van der Waals surface area contributed by atoms with E-state index in [0.29, 0.717) is 15.7 Å². The van der Waals surface area contributed by atoms with E-state index in [-0.39, 0.29) is 5.91 Å². The molecular formula is C20H20N6O2S2. The molecule has 1 amide bonds. The number of fused-ring (bicyclic) bond motifs is 1. The fourth-order valence-corrected chi connectivity index (χ4v) is 5.39. The quantitative estimate of drug-likeness (QED) is 0.584. The smallest absolute Gasteiger partial charge is 0.238 e. The molecule has 0 saturated heterocycles. The van der Waals surface area contributed by atoms with Gasteiger partial charge >= 0.3 is 0 Å². The molecule has 0 bridgehead atoms. The second-order valence-corrected chi connectivity index (χ2v) is 9.26. The Morgan fingerprint density at radius 2 is 2.10 bits per heavy atom. The SMILES string of the molecule is COc1ccc(-n2nnnc2SC(C)C(=O)Nc2sc3c(c2C#N)CCCC3)cc1. The Kier molecular flexibility index (Phi) is 6.01. The molecule has 0 radical (unpaired) electrons. The van der Waals surface area contributed by atoms with Crippen LogP contribution in [-0.2, 0) is 17.6 Å². The summed E-state index contributed by atoms with van der Waals surface area (Å²) in [5.41, 5.74) is 2.49. The van der Waals surface area contributed by atoms with Gasteiger partial charge in [0, 0.05) is 4.88 Å². The van der Waals surface area contributed by atoms with E-state index in [1.807, 2.05) is 24.3 Å². The standard InChI is InChI=1S/C20H20N6O2S2/c1-12(18(27)22-19-16(11-21)15-5-3-4-6-17(15)30-19)29-20-23-24-25-26(20)13-7-9-14(28-2)10-8-13/h7-10,12H,3-6H2,1-2H3,(H,22,27). The number of hydrogen-bond acceptors (Lipinski definition) is 8. The Balaban J connectivity index is 1.48. The largest absolute Gasteiger partial charge is 0.497 e. The lowest BCUT2D eigenvalue weighted by atomic mass is 9.96. The molecule has 0 saturated carbocycles. The normalized spacial score (nSPS) is 13.9. The maximum atomic E-state index is 12.8. The lowest BCUT2D eigenvalue weighted by molar-refractivity contribution is -0.115. The van der Waals surface area contributed by atoms with E-state index in [1.54, 1.807) is 18.7 Å². The van der Waals surface area contributed by atoms with Crippen LogP contribution in [0.1, 0.15) is 35.8 Å². The van der Waals surface area contributed by atoms with Crippen molar-refractivity contribution in [2.75, 3.05) is 12.4 Å². The van der Waals surface area contributed by atoms with Gasteiger partial charge in [0.2, 0.25) is 11.1 Å². The maximum absolute atomic E-state index is 12.8. The van der Waals surface area contributed by atoms with Gasteiger partial charge in [0.25, 0.3) is 0 Å². The van der Waals surface area contributed by atoms with Crippen molar-refractivity contribution in [2.24, 2.45) is 0 Å². The van der Waals surface area contributed by atoms with Gasteiger partial charge in [-0.15, -0.1) is 16.4 Å². The van der Waals surface area contributed by atoms with Crippen molar-refractivity contribution in [1.29, 1.82) is 5.26 Å². The summed E-state index contributed by atoms with van der Waals surface area (Å²) in [7, 11) is 1.61. The van der Waals surface area contributed by atoms with E-state index in [1.165, 1.54) is 28.0 Å². The van der Waals surface area contributed by atoms with Crippen LogP contribution in [0.25, 0.3) is 5.69 Å². The lowest BCUT2D eigenvalue weighted by Gasteiger charge is -2.11. The molecule has 10 heteroatoms. The van der Waals surface area contributed by atoms with Gasteiger partial charge in [-0.25, -0.2) is 0 Å². The van der Waals surface area contributed by atoms with Crippen LogP contribution in [0.5, 0.6) is 5.75 Å². The first-order valence-electron chi connectivity index (χ1n) is 9.55. The maximum Gasteiger partial charge on any atom is 0.238 e. The highest BCUT2D eigenvalue weighted by Gasteiger charge is 2.25. The number of aromatic nitrogens is 4. The minimum Gasteiger partial charge on any atom is -0.497 e. The third-order valence-corrected chi connectivity index (χ3v) is 7.17. The molecule has 1 N–H and O–H groups in total. The van der Waals surface area contributed by atoms with Gasteiger partial charge < -0.3 is 10.1 Å². The number of thioether (sulfide) groups is 1. The van der Waals surface area contributed by atoms with Gasteiger partial charge in [0.05, 0.1) is 23.6 Å². The molecule has 2 aromatic heterocycles. The fraction of sp³-hybridized carbons (Fsp3) is 0.350. The summed E-state index contributed by atoms with van der Waals surface area (Å²) in [4.78, 5) is 14.0. The van der Waals surface area contributed by atoms with E-state index >= 15 is 0 Å². The Morgan fingerprint density at radius 1 is 1.33 bits per heavy atom. The highest BCUT2D eigenvalue weighted by molar-refractivity contribution is 8.00. The Morgan fingerprint density at radius 3 is 2.83 bits per heavy atom. The van der Waals surface area contributed by atoms with Crippen LogP contribution in [0.3, 0.4) is 0 Å². The zero-order valence-electron chi connectivity index (χ0n) is 16.6. The van der Waals surface area contributed by atoms with E-state index in [2.05, 4.69) is 26.9 Å². The number of nitrogens with zero attached hydrogens (tertiary/aromatic N) is 5. The molecule has 2 heterocycles. The number of nitriles is 1. The molecule has 154 valence electrons. The van der Waals surface area contributed by atoms with Gasteiger partial charge in [0.1, 0.15) is 16.8 Å². The van der Waals surface area contributed by atoms with E-state index in [9.17, 15) is 10.1 Å². The molecule has 1 atom stereocenters. The van der Waals surface area contributed by atoms with Gasteiger partial charge in [0.15, 0.2) is 0 Å². The van der Waals surface area contributed by atoms with Crippen LogP contribution in [0.2, 0.25) is 0 Å². The topological polar surface area (TPSA) is 106 Å². The van der Waals surface area contributed by atoms with Crippen LogP contribution in [0, 0.1) is 11.3 Å². The number of tetrazole rings is 1. The van der Waals surface area contributed by atoms with Crippen molar-refractivity contribution in [1.82, 2.24) is 20.2 Å². The number of thiophene rings is 1. The van der Waals surface area contributed by atoms with E-state index in [0.717, 1.165) is 42.7 Å². The molecule has 3 aromatic rings. The average Bonchev–Trinajstić information content (AvgIpc) is 3.37. The Bertz CT molecular complexity index is 1100. The second-order valence-electron chi connectivity index (χ2n) is 6.85. The second kappa shape index (κ2) is 8.85. The predicted molar refractivity (Wildman–Crippen MR) is 115 cm³/mol. The molecule has 0 fully saturated rings. The molecule has 1 aliphatic rings. The molecule has 1 aromatic carbocycles. The first-order chi connectivity index (χ1) is 14.6. The summed E-state index contributed by atoms with van der Waals surface area (Å²) in [5, 5.41) is 25.1. The highest BCUT2D eigenvalue weighted by Crippen LogP contribution is 2.38. The molecule has 8 nitrogen and oxygen atoms in total. The summed E-state index contributed by atoms with van der Waals surface area (Å²) in [6.07, 6.45) is 4.11. The van der Waals surface area contributed by atoms with E-state index < -0.39 is 5.25 Å². The number of rotatable bonds is 6. The number of nitrogens with one attached hydrogen (secondary N) is 1. The van der Waals surface area contributed by atoms with Gasteiger partial charge in [-0.1, -0.05) is 11.8 Å². The van der Waals surface area contributed by atoms with Crippen LogP contribution in [-0.4, -0.2) is 38.5 Å². The number of methoxy groups -OCH3 is 1. The van der Waals surface area contributed by atoms with E-state index in [4.69, 9.17) is 4.74 Å². The van der Waals surface area contributed by atoms with Crippen molar-refractivity contribution < 1.29 is 9.53 Å². The monoisotopic (exact) mass is 440 g/mol. The average molecular weight is 441 g/mol. The third kappa shape index (κ3) is 4.04. The third-order valence-electron chi connectivity index (χ3n) is 4.93. The minimum absolute atomic E-state index is 0.181.